The van der Waals surface area contributed by atoms with Gasteiger partial charge in [0.05, 0.1) is 6.10 Å². The summed E-state index contributed by atoms with van der Waals surface area (Å²) in [6, 6.07) is 0. The van der Waals surface area contributed by atoms with E-state index in [-0.39, 0.29) is 11.3 Å². The van der Waals surface area contributed by atoms with Crippen molar-refractivity contribution in [1.29, 1.82) is 0 Å². The predicted molar refractivity (Wildman–Crippen MR) is 62.5 cm³/mol. The average molecular weight is 215 g/mol. The van der Waals surface area contributed by atoms with E-state index in [1.165, 1.54) is 0 Å². The minimum atomic E-state index is -0.466. The van der Waals surface area contributed by atoms with Crippen molar-refractivity contribution in [3.8, 4) is 0 Å². The second-order valence-electron chi connectivity index (χ2n) is 5.73. The van der Waals surface area contributed by atoms with E-state index in [0.29, 0.717) is 18.9 Å². The summed E-state index contributed by atoms with van der Waals surface area (Å²) in [7, 11) is 0. The number of carbonyl (C=O) groups is 1. The van der Waals surface area contributed by atoms with Crippen LogP contribution < -0.4 is 5.32 Å². The molecule has 0 aliphatic heterocycles. The molecule has 15 heavy (non-hydrogen) atoms. The molecule has 2 atom stereocenters. The molecule has 3 nitrogen and oxygen atoms in total. The van der Waals surface area contributed by atoms with Crippen LogP contribution in [0.5, 0.6) is 0 Å². The zero-order chi connectivity index (χ0) is 12.1. The first-order valence-electron chi connectivity index (χ1n) is 5.65. The van der Waals surface area contributed by atoms with E-state index in [4.69, 9.17) is 5.11 Å². The van der Waals surface area contributed by atoms with Gasteiger partial charge in [-0.05, 0) is 24.7 Å². The van der Waals surface area contributed by atoms with Gasteiger partial charge in [0.15, 0.2) is 0 Å². The third kappa shape index (κ3) is 9.73. The topological polar surface area (TPSA) is 49.3 Å². The lowest BCUT2D eigenvalue weighted by atomic mass is 9.84. The Morgan fingerprint density at radius 3 is 2.27 bits per heavy atom. The Balaban J connectivity index is 3.77. The molecule has 0 aliphatic carbocycles. The van der Waals surface area contributed by atoms with Crippen LogP contribution >= 0.6 is 0 Å². The number of hydrogen-bond donors (Lipinski definition) is 2. The SMILES string of the molecule is C[C@@H](CC(=O)NC[C@@H](C)O)CC(C)(C)C. The Hall–Kier alpha value is -0.570. The molecule has 0 aromatic rings. The van der Waals surface area contributed by atoms with E-state index < -0.39 is 6.10 Å². The minimum absolute atomic E-state index is 0.0349. The molecule has 0 saturated heterocycles. The monoisotopic (exact) mass is 215 g/mol. The maximum atomic E-state index is 11.4. The van der Waals surface area contributed by atoms with Crippen molar-refractivity contribution in [2.75, 3.05) is 6.54 Å². The van der Waals surface area contributed by atoms with Crippen LogP contribution in [0.1, 0.15) is 47.5 Å². The highest BCUT2D eigenvalue weighted by Gasteiger charge is 2.17. The fourth-order valence-electron chi connectivity index (χ4n) is 1.77. The summed E-state index contributed by atoms with van der Waals surface area (Å²) in [6.45, 7) is 10.6. The number of nitrogens with one attached hydrogen (secondary N) is 1. The van der Waals surface area contributed by atoms with E-state index in [1.54, 1.807) is 6.92 Å². The maximum Gasteiger partial charge on any atom is 0.220 e. The number of aliphatic hydroxyl groups excluding tert-OH is 1. The molecule has 1 amide bonds. The van der Waals surface area contributed by atoms with E-state index in [9.17, 15) is 4.79 Å². The first-order chi connectivity index (χ1) is 6.70. The minimum Gasteiger partial charge on any atom is -0.392 e. The fourth-order valence-corrected chi connectivity index (χ4v) is 1.77. The van der Waals surface area contributed by atoms with Crippen LogP contribution in [0.25, 0.3) is 0 Å². The highest BCUT2D eigenvalue weighted by Crippen LogP contribution is 2.25. The fraction of sp³-hybridized carbons (Fsp3) is 0.917. The van der Waals surface area contributed by atoms with Crippen LogP contribution in [0.2, 0.25) is 0 Å². The summed E-state index contributed by atoms with van der Waals surface area (Å²) < 4.78 is 0. The summed E-state index contributed by atoms with van der Waals surface area (Å²) >= 11 is 0. The number of hydrogen-bond acceptors (Lipinski definition) is 2. The number of amides is 1. The predicted octanol–water partition coefficient (Wildman–Crippen LogP) is 1.95. The molecule has 0 aliphatic rings. The van der Waals surface area contributed by atoms with Crippen molar-refractivity contribution in [3.63, 3.8) is 0 Å². The molecule has 3 heteroatoms. The maximum absolute atomic E-state index is 11.4. The lowest BCUT2D eigenvalue weighted by Crippen LogP contribution is -2.31. The molecular formula is C12H25NO2. The number of carbonyl (C=O) groups excluding carboxylic acids is 1. The van der Waals surface area contributed by atoms with E-state index >= 15 is 0 Å². The van der Waals surface area contributed by atoms with Gasteiger partial charge in [-0.15, -0.1) is 0 Å². The smallest absolute Gasteiger partial charge is 0.220 e. The van der Waals surface area contributed by atoms with Gasteiger partial charge in [-0.3, -0.25) is 4.79 Å². The van der Waals surface area contributed by atoms with Crippen LogP contribution in [0.3, 0.4) is 0 Å². The molecule has 2 N–H and O–H groups in total. The Labute approximate surface area is 93.3 Å². The van der Waals surface area contributed by atoms with Gasteiger partial charge in [-0.25, -0.2) is 0 Å². The van der Waals surface area contributed by atoms with Crippen LogP contribution in [0, 0.1) is 11.3 Å². The van der Waals surface area contributed by atoms with Crippen molar-refractivity contribution in [3.05, 3.63) is 0 Å². The quantitative estimate of drug-likeness (QED) is 0.736. The van der Waals surface area contributed by atoms with Crippen molar-refractivity contribution in [2.45, 2.75) is 53.6 Å². The zero-order valence-corrected chi connectivity index (χ0v) is 10.6. The van der Waals surface area contributed by atoms with Crippen LogP contribution in [0.15, 0.2) is 0 Å². The lowest BCUT2D eigenvalue weighted by molar-refractivity contribution is -0.122. The van der Waals surface area contributed by atoms with Gasteiger partial charge in [0, 0.05) is 13.0 Å². The number of aliphatic hydroxyl groups is 1. The molecule has 0 fully saturated rings. The third-order valence-electron chi connectivity index (χ3n) is 2.09. The molecule has 0 aromatic heterocycles. The largest absolute Gasteiger partial charge is 0.392 e. The van der Waals surface area contributed by atoms with Gasteiger partial charge < -0.3 is 10.4 Å². The highest BCUT2D eigenvalue weighted by molar-refractivity contribution is 5.76. The first kappa shape index (κ1) is 14.4. The summed E-state index contributed by atoms with van der Waals surface area (Å²) in [4.78, 5) is 11.4. The van der Waals surface area contributed by atoms with Gasteiger partial charge in [0.2, 0.25) is 5.91 Å². The molecule has 0 rings (SSSR count). The van der Waals surface area contributed by atoms with Crippen LogP contribution in [-0.2, 0) is 4.79 Å². The zero-order valence-electron chi connectivity index (χ0n) is 10.6. The van der Waals surface area contributed by atoms with Crippen molar-refractivity contribution in [2.24, 2.45) is 11.3 Å². The second kappa shape index (κ2) is 6.11. The Kier molecular flexibility index (Phi) is 5.88. The van der Waals surface area contributed by atoms with Crippen molar-refractivity contribution in [1.82, 2.24) is 5.32 Å². The van der Waals surface area contributed by atoms with Crippen molar-refractivity contribution < 1.29 is 9.90 Å². The van der Waals surface area contributed by atoms with Crippen molar-refractivity contribution >= 4 is 5.91 Å². The van der Waals surface area contributed by atoms with Gasteiger partial charge in [0.25, 0.3) is 0 Å². The molecule has 0 aromatic carbocycles. The van der Waals surface area contributed by atoms with E-state index in [0.717, 1.165) is 6.42 Å². The summed E-state index contributed by atoms with van der Waals surface area (Å²) in [5, 5.41) is 11.7. The second-order valence-corrected chi connectivity index (χ2v) is 5.73. The standard InChI is InChI=1S/C12H25NO2/c1-9(7-12(3,4)5)6-11(15)13-8-10(2)14/h9-10,14H,6-8H2,1-5H3,(H,13,15)/t9-,10+/m0/s1. The third-order valence-corrected chi connectivity index (χ3v) is 2.09. The average Bonchev–Trinajstić information content (AvgIpc) is 1.96. The summed E-state index contributed by atoms with van der Waals surface area (Å²) in [6.07, 6.45) is 1.12. The van der Waals surface area contributed by atoms with E-state index in [2.05, 4.69) is 33.0 Å². The molecule has 0 saturated carbocycles. The van der Waals surface area contributed by atoms with Gasteiger partial charge in [-0.1, -0.05) is 27.7 Å². The normalized spacial score (nSPS) is 15.9. The highest BCUT2D eigenvalue weighted by atomic mass is 16.3. The molecule has 0 radical (unpaired) electrons. The Morgan fingerprint density at radius 1 is 1.33 bits per heavy atom. The van der Waals surface area contributed by atoms with Crippen LogP contribution in [-0.4, -0.2) is 23.7 Å². The molecule has 90 valence electrons. The Bertz CT molecular complexity index is 194. The molecular weight excluding hydrogens is 190 g/mol. The molecule has 0 unspecified atom stereocenters. The first-order valence-corrected chi connectivity index (χ1v) is 5.65. The Morgan fingerprint density at radius 2 is 1.87 bits per heavy atom. The summed E-state index contributed by atoms with van der Waals surface area (Å²) in [5.74, 6) is 0.423. The van der Waals surface area contributed by atoms with Gasteiger partial charge in [-0.2, -0.15) is 0 Å². The molecule has 0 spiro atoms. The van der Waals surface area contributed by atoms with Crippen LogP contribution in [0.4, 0.5) is 0 Å². The van der Waals surface area contributed by atoms with Gasteiger partial charge in [0.1, 0.15) is 0 Å². The van der Waals surface area contributed by atoms with E-state index in [1.807, 2.05) is 0 Å². The molecule has 0 heterocycles. The summed E-state index contributed by atoms with van der Waals surface area (Å²) in [5.41, 5.74) is 0.268. The lowest BCUT2D eigenvalue weighted by Gasteiger charge is -2.22. The molecule has 0 bridgehead atoms. The number of rotatable bonds is 5. The van der Waals surface area contributed by atoms with Gasteiger partial charge >= 0.3 is 0 Å².